The lowest BCUT2D eigenvalue weighted by Crippen LogP contribution is -2.28. The molecular formula is C41H74O5. The van der Waals surface area contributed by atoms with Gasteiger partial charge in [0.1, 0.15) is 6.61 Å². The van der Waals surface area contributed by atoms with Crippen molar-refractivity contribution in [1.29, 1.82) is 0 Å². The number of carbonyl (C=O) groups excluding carboxylic acids is 2. The number of esters is 2. The lowest BCUT2D eigenvalue weighted by atomic mass is 10.0. The zero-order chi connectivity index (χ0) is 33.6. The van der Waals surface area contributed by atoms with E-state index < -0.39 is 6.10 Å². The van der Waals surface area contributed by atoms with Crippen LogP contribution in [0.4, 0.5) is 0 Å². The molecule has 0 amide bonds. The summed E-state index contributed by atoms with van der Waals surface area (Å²) in [7, 11) is 0. The number of unbranched alkanes of at least 4 members (excludes halogenated alkanes) is 21. The highest BCUT2D eigenvalue weighted by Gasteiger charge is 2.16. The summed E-state index contributed by atoms with van der Waals surface area (Å²) in [5.74, 6) is -0.647. The predicted molar refractivity (Wildman–Crippen MR) is 196 cm³/mol. The average molecular weight is 647 g/mol. The number of hydrogen-bond donors (Lipinski definition) is 1. The van der Waals surface area contributed by atoms with E-state index >= 15 is 0 Å². The van der Waals surface area contributed by atoms with Crippen LogP contribution >= 0.6 is 0 Å². The van der Waals surface area contributed by atoms with Crippen LogP contribution in [0.15, 0.2) is 36.5 Å². The molecular weight excluding hydrogens is 572 g/mol. The Hall–Kier alpha value is -1.88. The molecule has 0 aromatic rings. The molecule has 0 aliphatic heterocycles. The van der Waals surface area contributed by atoms with Gasteiger partial charge in [-0.15, -0.1) is 0 Å². The highest BCUT2D eigenvalue weighted by Crippen LogP contribution is 2.14. The molecule has 0 aliphatic carbocycles. The molecule has 0 aromatic carbocycles. The molecule has 0 aliphatic rings. The molecule has 1 atom stereocenters. The van der Waals surface area contributed by atoms with E-state index in [0.29, 0.717) is 19.3 Å². The normalized spacial score (nSPS) is 12.5. The first-order valence-electron chi connectivity index (χ1n) is 19.5. The Morgan fingerprint density at radius 1 is 0.500 bits per heavy atom. The molecule has 0 saturated carbocycles. The van der Waals surface area contributed by atoms with E-state index in [9.17, 15) is 14.7 Å². The summed E-state index contributed by atoms with van der Waals surface area (Å²) in [6, 6.07) is 0. The molecule has 0 saturated heterocycles. The van der Waals surface area contributed by atoms with Crippen molar-refractivity contribution in [3.63, 3.8) is 0 Å². The number of aliphatic hydroxyl groups excluding tert-OH is 1. The number of allylic oxidation sites excluding steroid dienone is 6. The molecule has 0 unspecified atom stereocenters. The maximum atomic E-state index is 12.1. The van der Waals surface area contributed by atoms with E-state index in [1.54, 1.807) is 0 Å². The number of carbonyl (C=O) groups is 2. The zero-order valence-corrected chi connectivity index (χ0v) is 30.3. The van der Waals surface area contributed by atoms with Gasteiger partial charge < -0.3 is 14.6 Å². The lowest BCUT2D eigenvalue weighted by molar-refractivity contribution is -0.161. The smallest absolute Gasteiger partial charge is 0.306 e. The minimum atomic E-state index is -0.787. The molecule has 0 aromatic heterocycles. The summed E-state index contributed by atoms with van der Waals surface area (Å²) < 4.78 is 10.6. The fraction of sp³-hybridized carbons (Fsp3) is 0.805. The van der Waals surface area contributed by atoms with E-state index in [-0.39, 0.29) is 25.2 Å². The molecule has 0 rings (SSSR count). The van der Waals surface area contributed by atoms with Gasteiger partial charge in [0, 0.05) is 12.8 Å². The summed E-state index contributed by atoms with van der Waals surface area (Å²) in [6.45, 7) is 4.09. The van der Waals surface area contributed by atoms with Crippen molar-refractivity contribution in [1.82, 2.24) is 0 Å². The zero-order valence-electron chi connectivity index (χ0n) is 30.3. The standard InChI is InChI=1S/C41H74O5/c1-3-5-7-9-11-13-15-17-19-20-22-23-25-27-29-31-33-35-40(43)45-38-39(37-42)46-41(44)36-34-32-30-28-26-24-21-18-16-14-12-10-8-6-4-2/h17,19,22-23,27,29,39,42H,3-16,18,20-21,24-26,28,30-38H2,1-2H3/t39-/m0/s1. The van der Waals surface area contributed by atoms with Crippen molar-refractivity contribution >= 4 is 11.9 Å². The molecule has 5 heteroatoms. The summed E-state index contributed by atoms with van der Waals surface area (Å²) >= 11 is 0. The van der Waals surface area contributed by atoms with E-state index in [0.717, 1.165) is 38.5 Å². The molecule has 0 radical (unpaired) electrons. The van der Waals surface area contributed by atoms with Crippen molar-refractivity contribution in [3.8, 4) is 0 Å². The summed E-state index contributed by atoms with van der Waals surface area (Å²) in [4.78, 5) is 24.2. The number of aliphatic hydroxyl groups is 1. The van der Waals surface area contributed by atoms with Crippen LogP contribution in [0.3, 0.4) is 0 Å². The highest BCUT2D eigenvalue weighted by atomic mass is 16.6. The molecule has 0 bridgehead atoms. The van der Waals surface area contributed by atoms with E-state index in [2.05, 4.69) is 50.3 Å². The lowest BCUT2D eigenvalue weighted by Gasteiger charge is -2.15. The Balaban J connectivity index is 3.63. The fourth-order valence-corrected chi connectivity index (χ4v) is 5.45. The van der Waals surface area contributed by atoms with Gasteiger partial charge in [0.25, 0.3) is 0 Å². The van der Waals surface area contributed by atoms with Gasteiger partial charge in [0.05, 0.1) is 6.61 Å². The first-order chi connectivity index (χ1) is 22.6. The molecule has 1 N–H and O–H groups in total. The predicted octanol–water partition coefficient (Wildman–Crippen LogP) is 12.1. The quantitative estimate of drug-likeness (QED) is 0.0421. The molecule has 0 heterocycles. The van der Waals surface area contributed by atoms with E-state index in [1.165, 1.54) is 122 Å². The van der Waals surface area contributed by atoms with Crippen LogP contribution in [0, 0.1) is 0 Å². The van der Waals surface area contributed by atoms with Crippen LogP contribution < -0.4 is 0 Å². The van der Waals surface area contributed by atoms with Gasteiger partial charge in [0.2, 0.25) is 0 Å². The van der Waals surface area contributed by atoms with Gasteiger partial charge in [-0.1, -0.05) is 172 Å². The van der Waals surface area contributed by atoms with Crippen molar-refractivity contribution in [2.75, 3.05) is 13.2 Å². The summed E-state index contributed by atoms with van der Waals surface area (Å²) in [5, 5.41) is 9.54. The number of hydrogen-bond acceptors (Lipinski definition) is 5. The second kappa shape index (κ2) is 37.6. The molecule has 0 fully saturated rings. The van der Waals surface area contributed by atoms with Crippen LogP contribution in [0.5, 0.6) is 0 Å². The van der Waals surface area contributed by atoms with Crippen LogP contribution in [-0.4, -0.2) is 36.4 Å². The van der Waals surface area contributed by atoms with Gasteiger partial charge in [-0.05, 0) is 44.9 Å². The minimum absolute atomic E-state index is 0.0893. The van der Waals surface area contributed by atoms with Crippen molar-refractivity contribution in [2.24, 2.45) is 0 Å². The summed E-state index contributed by atoms with van der Waals surface area (Å²) in [5.41, 5.74) is 0. The first kappa shape index (κ1) is 44.1. The molecule has 46 heavy (non-hydrogen) atoms. The van der Waals surface area contributed by atoms with Gasteiger partial charge in [-0.2, -0.15) is 0 Å². The Morgan fingerprint density at radius 3 is 1.37 bits per heavy atom. The van der Waals surface area contributed by atoms with Crippen molar-refractivity contribution in [2.45, 2.75) is 200 Å². The van der Waals surface area contributed by atoms with Crippen LogP contribution in [0.2, 0.25) is 0 Å². The maximum absolute atomic E-state index is 12.1. The van der Waals surface area contributed by atoms with Crippen molar-refractivity contribution in [3.05, 3.63) is 36.5 Å². The first-order valence-corrected chi connectivity index (χ1v) is 19.5. The third-order valence-electron chi connectivity index (χ3n) is 8.44. The second-order valence-electron chi connectivity index (χ2n) is 13.0. The van der Waals surface area contributed by atoms with E-state index in [1.807, 2.05) is 0 Å². The minimum Gasteiger partial charge on any atom is -0.462 e. The Morgan fingerprint density at radius 2 is 0.891 bits per heavy atom. The van der Waals surface area contributed by atoms with Crippen LogP contribution in [0.25, 0.3) is 0 Å². The van der Waals surface area contributed by atoms with Gasteiger partial charge in [-0.3, -0.25) is 9.59 Å². The van der Waals surface area contributed by atoms with Gasteiger partial charge >= 0.3 is 11.9 Å². The maximum Gasteiger partial charge on any atom is 0.306 e. The van der Waals surface area contributed by atoms with Crippen LogP contribution in [-0.2, 0) is 19.1 Å². The number of rotatable bonds is 35. The number of ether oxygens (including phenoxy) is 2. The van der Waals surface area contributed by atoms with Crippen molar-refractivity contribution < 1.29 is 24.2 Å². The van der Waals surface area contributed by atoms with E-state index in [4.69, 9.17) is 9.47 Å². The highest BCUT2D eigenvalue weighted by molar-refractivity contribution is 5.70. The fourth-order valence-electron chi connectivity index (χ4n) is 5.45. The molecule has 0 spiro atoms. The van der Waals surface area contributed by atoms with Gasteiger partial charge in [-0.25, -0.2) is 0 Å². The summed E-state index contributed by atoms with van der Waals surface area (Å²) in [6.07, 6.45) is 44.9. The molecule has 268 valence electrons. The Kier molecular flexibility index (Phi) is 36.0. The SMILES string of the molecule is CCCCCCCCC=CCC=CCC=CCCCC(=O)OC[C@H](CO)OC(=O)CCCCCCCCCCCCCCCCC. The van der Waals surface area contributed by atoms with Gasteiger partial charge in [0.15, 0.2) is 6.10 Å². The third kappa shape index (κ3) is 35.0. The Labute approximate surface area is 285 Å². The largest absolute Gasteiger partial charge is 0.462 e. The molecule has 5 nitrogen and oxygen atoms in total. The topological polar surface area (TPSA) is 72.8 Å². The van der Waals surface area contributed by atoms with Crippen LogP contribution in [0.1, 0.15) is 194 Å². The Bertz CT molecular complexity index is 741. The monoisotopic (exact) mass is 647 g/mol. The second-order valence-corrected chi connectivity index (χ2v) is 13.0. The third-order valence-corrected chi connectivity index (χ3v) is 8.44. The average Bonchev–Trinajstić information content (AvgIpc) is 3.06.